The molecule has 0 saturated carbocycles. The van der Waals surface area contributed by atoms with Crippen molar-refractivity contribution in [3.63, 3.8) is 0 Å². The predicted molar refractivity (Wildman–Crippen MR) is 108 cm³/mol. The lowest BCUT2D eigenvalue weighted by Gasteiger charge is -2.06. The van der Waals surface area contributed by atoms with Crippen molar-refractivity contribution < 1.29 is 0 Å². The minimum Gasteiger partial charge on any atom is -0.330 e. The quantitative estimate of drug-likeness (QED) is 0.680. The predicted octanol–water partition coefficient (Wildman–Crippen LogP) is 5.22. The molecule has 0 aliphatic heterocycles. The molecule has 24 heavy (non-hydrogen) atoms. The summed E-state index contributed by atoms with van der Waals surface area (Å²) < 4.78 is 0. The lowest BCUT2D eigenvalue weighted by Crippen LogP contribution is -2.06. The molecule has 0 aromatic heterocycles. The second-order valence-electron chi connectivity index (χ2n) is 5.93. The molecular formula is C22H30N2. The van der Waals surface area contributed by atoms with Crippen molar-refractivity contribution in [3.05, 3.63) is 72.8 Å². The summed E-state index contributed by atoms with van der Waals surface area (Å²) in [6, 6.07) is 25.8. The van der Waals surface area contributed by atoms with Crippen LogP contribution in [0.1, 0.15) is 27.2 Å². The average Bonchev–Trinajstić information content (AvgIpc) is 2.62. The minimum absolute atomic E-state index is 0.333. The van der Waals surface area contributed by atoms with E-state index < -0.39 is 0 Å². The Morgan fingerprint density at radius 1 is 0.792 bits per heavy atom. The van der Waals surface area contributed by atoms with Crippen molar-refractivity contribution in [2.75, 3.05) is 6.54 Å². The summed E-state index contributed by atoms with van der Waals surface area (Å²) in [4.78, 5) is 0. The summed E-state index contributed by atoms with van der Waals surface area (Å²) in [5.41, 5.74) is 12.7. The number of rotatable bonds is 2. The normalized spacial score (nSPS) is 9.75. The van der Waals surface area contributed by atoms with Crippen LogP contribution >= 0.6 is 0 Å². The van der Waals surface area contributed by atoms with E-state index in [2.05, 4.69) is 79.7 Å². The molecule has 4 N–H and O–H groups in total. The summed E-state index contributed by atoms with van der Waals surface area (Å²) >= 11 is 0. The van der Waals surface area contributed by atoms with E-state index in [9.17, 15) is 0 Å². The van der Waals surface area contributed by atoms with Gasteiger partial charge in [-0.15, -0.1) is 0 Å². The van der Waals surface area contributed by atoms with Crippen LogP contribution in [0.4, 0.5) is 0 Å². The SMILES string of the molecule is CC(C)N.CCCN.c1ccc(-c2cccc3ccccc23)cc1. The van der Waals surface area contributed by atoms with Gasteiger partial charge in [-0.1, -0.05) is 93.6 Å². The van der Waals surface area contributed by atoms with Crippen molar-refractivity contribution in [1.82, 2.24) is 0 Å². The van der Waals surface area contributed by atoms with Gasteiger partial charge in [-0.2, -0.15) is 0 Å². The highest BCUT2D eigenvalue weighted by Gasteiger charge is 2.01. The van der Waals surface area contributed by atoms with E-state index in [0.717, 1.165) is 13.0 Å². The maximum atomic E-state index is 5.11. The van der Waals surface area contributed by atoms with Gasteiger partial charge in [-0.05, 0) is 40.9 Å². The highest BCUT2D eigenvalue weighted by atomic mass is 14.6. The van der Waals surface area contributed by atoms with E-state index in [1.165, 1.54) is 21.9 Å². The van der Waals surface area contributed by atoms with Crippen LogP contribution in [0.3, 0.4) is 0 Å². The first-order valence-electron chi connectivity index (χ1n) is 8.59. The first-order valence-corrected chi connectivity index (χ1v) is 8.59. The molecule has 0 spiro atoms. The van der Waals surface area contributed by atoms with Gasteiger partial charge in [-0.3, -0.25) is 0 Å². The first kappa shape index (κ1) is 19.9. The zero-order chi connectivity index (χ0) is 17.8. The number of hydrogen-bond donors (Lipinski definition) is 2. The van der Waals surface area contributed by atoms with Gasteiger partial charge in [0.15, 0.2) is 0 Å². The van der Waals surface area contributed by atoms with Gasteiger partial charge in [0.2, 0.25) is 0 Å². The molecular weight excluding hydrogens is 292 g/mol. The molecule has 3 aromatic carbocycles. The molecule has 0 radical (unpaired) electrons. The van der Waals surface area contributed by atoms with Gasteiger partial charge >= 0.3 is 0 Å². The van der Waals surface area contributed by atoms with E-state index in [1.807, 2.05) is 13.8 Å². The molecule has 2 heteroatoms. The fraction of sp³-hybridized carbons (Fsp3) is 0.273. The first-order chi connectivity index (χ1) is 11.6. The maximum absolute atomic E-state index is 5.11. The zero-order valence-corrected chi connectivity index (χ0v) is 15.1. The Balaban J connectivity index is 0.000000306. The highest BCUT2D eigenvalue weighted by Crippen LogP contribution is 2.27. The van der Waals surface area contributed by atoms with Crippen LogP contribution in [0.2, 0.25) is 0 Å². The molecule has 0 bridgehead atoms. The molecule has 0 saturated heterocycles. The van der Waals surface area contributed by atoms with E-state index in [4.69, 9.17) is 11.5 Å². The molecule has 3 rings (SSSR count). The number of nitrogens with two attached hydrogens (primary N) is 2. The van der Waals surface area contributed by atoms with Crippen molar-refractivity contribution in [2.24, 2.45) is 11.5 Å². The van der Waals surface area contributed by atoms with Crippen LogP contribution in [-0.2, 0) is 0 Å². The molecule has 3 aromatic rings. The summed E-state index contributed by atoms with van der Waals surface area (Å²) in [5.74, 6) is 0. The molecule has 0 fully saturated rings. The molecule has 0 heterocycles. The maximum Gasteiger partial charge on any atom is -0.00179 e. The van der Waals surface area contributed by atoms with E-state index in [0.29, 0.717) is 6.04 Å². The van der Waals surface area contributed by atoms with Crippen LogP contribution in [0.5, 0.6) is 0 Å². The van der Waals surface area contributed by atoms with Gasteiger partial charge in [-0.25, -0.2) is 0 Å². The third-order valence-electron chi connectivity index (χ3n) is 3.16. The van der Waals surface area contributed by atoms with Crippen LogP contribution in [0.25, 0.3) is 21.9 Å². The minimum atomic E-state index is 0.333. The smallest absolute Gasteiger partial charge is 0.00179 e. The lowest BCUT2D eigenvalue weighted by molar-refractivity contribution is 0.834. The molecule has 0 atom stereocenters. The Morgan fingerprint density at radius 2 is 1.29 bits per heavy atom. The fourth-order valence-electron chi connectivity index (χ4n) is 2.09. The number of benzene rings is 3. The Hall–Kier alpha value is -2.16. The largest absolute Gasteiger partial charge is 0.330 e. The van der Waals surface area contributed by atoms with Crippen molar-refractivity contribution in [2.45, 2.75) is 33.2 Å². The summed E-state index contributed by atoms with van der Waals surface area (Å²) in [7, 11) is 0. The van der Waals surface area contributed by atoms with Gasteiger partial charge in [0.1, 0.15) is 0 Å². The average molecular weight is 322 g/mol. The Kier molecular flexibility index (Phi) is 9.44. The molecule has 0 aliphatic rings. The Morgan fingerprint density at radius 3 is 1.88 bits per heavy atom. The highest BCUT2D eigenvalue weighted by molar-refractivity contribution is 5.96. The second-order valence-corrected chi connectivity index (χ2v) is 5.93. The standard InChI is InChI=1S/C16H12.2C3H9N/c1-2-7-13(8-3-1)16-12-6-10-14-9-4-5-11-15(14)16;1-3(2)4;1-2-3-4/h1-12H;3H,4H2,1-2H3;2-4H2,1H3. The molecule has 0 amide bonds. The van der Waals surface area contributed by atoms with Crippen LogP contribution in [0, 0.1) is 0 Å². The van der Waals surface area contributed by atoms with Crippen molar-refractivity contribution in [1.29, 1.82) is 0 Å². The molecule has 0 unspecified atom stereocenters. The van der Waals surface area contributed by atoms with Crippen LogP contribution in [0.15, 0.2) is 72.8 Å². The van der Waals surface area contributed by atoms with Crippen molar-refractivity contribution in [3.8, 4) is 11.1 Å². The summed E-state index contributed by atoms with van der Waals surface area (Å²) in [5, 5.41) is 2.61. The second kappa shape index (κ2) is 11.4. The van der Waals surface area contributed by atoms with E-state index in [1.54, 1.807) is 0 Å². The number of hydrogen-bond acceptors (Lipinski definition) is 2. The van der Waals surface area contributed by atoms with Gasteiger partial charge in [0, 0.05) is 0 Å². The van der Waals surface area contributed by atoms with Gasteiger partial charge < -0.3 is 11.5 Å². The molecule has 0 aliphatic carbocycles. The summed E-state index contributed by atoms with van der Waals surface area (Å²) in [6.07, 6.45) is 1.10. The zero-order valence-electron chi connectivity index (χ0n) is 15.1. The molecule has 128 valence electrons. The fourth-order valence-corrected chi connectivity index (χ4v) is 2.09. The summed E-state index contributed by atoms with van der Waals surface area (Å²) in [6.45, 7) is 6.76. The van der Waals surface area contributed by atoms with Crippen LogP contribution < -0.4 is 11.5 Å². The topological polar surface area (TPSA) is 52.0 Å². The monoisotopic (exact) mass is 322 g/mol. The van der Waals surface area contributed by atoms with Gasteiger partial charge in [0.05, 0.1) is 0 Å². The van der Waals surface area contributed by atoms with E-state index >= 15 is 0 Å². The Labute approximate surface area is 146 Å². The third kappa shape index (κ3) is 6.95. The lowest BCUT2D eigenvalue weighted by atomic mass is 9.98. The molecule has 2 nitrogen and oxygen atoms in total. The van der Waals surface area contributed by atoms with Crippen LogP contribution in [-0.4, -0.2) is 12.6 Å². The Bertz CT molecular complexity index is 680. The third-order valence-corrected chi connectivity index (χ3v) is 3.16. The van der Waals surface area contributed by atoms with E-state index in [-0.39, 0.29) is 0 Å². The van der Waals surface area contributed by atoms with Gasteiger partial charge in [0.25, 0.3) is 0 Å². The number of fused-ring (bicyclic) bond motifs is 1. The van der Waals surface area contributed by atoms with Crippen molar-refractivity contribution >= 4 is 10.8 Å².